The summed E-state index contributed by atoms with van der Waals surface area (Å²) in [5, 5.41) is 2.85. The van der Waals surface area contributed by atoms with E-state index in [9.17, 15) is 4.79 Å². The molecule has 1 aromatic heterocycles. The minimum Gasteiger partial charge on any atom is -0.351 e. The monoisotopic (exact) mass is 258 g/mol. The van der Waals surface area contributed by atoms with Gasteiger partial charge in [0.05, 0.1) is 12.5 Å². The van der Waals surface area contributed by atoms with E-state index in [4.69, 9.17) is 5.73 Å². The first-order chi connectivity index (χ1) is 9.18. The van der Waals surface area contributed by atoms with Crippen molar-refractivity contribution in [1.29, 1.82) is 0 Å². The minimum atomic E-state index is -0.125. The predicted molar refractivity (Wildman–Crippen MR) is 73.5 cm³/mol. The van der Waals surface area contributed by atoms with Gasteiger partial charge in [-0.2, -0.15) is 0 Å². The third-order valence-electron chi connectivity index (χ3n) is 3.02. The lowest BCUT2D eigenvalue weighted by Gasteiger charge is -2.12. The van der Waals surface area contributed by atoms with Crippen LogP contribution in [0.25, 0.3) is 0 Å². The van der Waals surface area contributed by atoms with E-state index in [1.54, 1.807) is 24.1 Å². The van der Waals surface area contributed by atoms with Crippen molar-refractivity contribution in [3.8, 4) is 0 Å². The number of benzene rings is 1. The van der Waals surface area contributed by atoms with Crippen molar-refractivity contribution in [1.82, 2.24) is 14.9 Å². The SMILES string of the molecule is Cn1cncc1C(=O)NCCC(N)c1ccccc1. The second-order valence-electron chi connectivity index (χ2n) is 4.45. The molecule has 0 spiro atoms. The largest absolute Gasteiger partial charge is 0.351 e. The molecule has 1 atom stereocenters. The highest BCUT2D eigenvalue weighted by Gasteiger charge is 2.10. The molecular weight excluding hydrogens is 240 g/mol. The zero-order valence-electron chi connectivity index (χ0n) is 10.9. The van der Waals surface area contributed by atoms with Gasteiger partial charge in [-0.25, -0.2) is 4.98 Å². The number of carbonyl (C=O) groups is 1. The molecule has 1 heterocycles. The average molecular weight is 258 g/mol. The van der Waals surface area contributed by atoms with Gasteiger partial charge in [0.2, 0.25) is 0 Å². The third-order valence-corrected chi connectivity index (χ3v) is 3.02. The van der Waals surface area contributed by atoms with E-state index >= 15 is 0 Å². The van der Waals surface area contributed by atoms with Crippen LogP contribution in [0.2, 0.25) is 0 Å². The lowest BCUT2D eigenvalue weighted by Crippen LogP contribution is -2.28. The Bertz CT molecular complexity index is 535. The van der Waals surface area contributed by atoms with Gasteiger partial charge < -0.3 is 15.6 Å². The summed E-state index contributed by atoms with van der Waals surface area (Å²) < 4.78 is 1.69. The molecule has 5 nitrogen and oxygen atoms in total. The number of carbonyl (C=O) groups excluding carboxylic acids is 1. The maximum Gasteiger partial charge on any atom is 0.269 e. The maximum absolute atomic E-state index is 11.8. The zero-order valence-corrected chi connectivity index (χ0v) is 10.9. The Hall–Kier alpha value is -2.14. The minimum absolute atomic E-state index is 0.0620. The molecule has 0 aliphatic carbocycles. The van der Waals surface area contributed by atoms with Crippen molar-refractivity contribution in [2.45, 2.75) is 12.5 Å². The summed E-state index contributed by atoms with van der Waals surface area (Å²) in [5.74, 6) is -0.125. The molecule has 0 saturated carbocycles. The van der Waals surface area contributed by atoms with Gasteiger partial charge >= 0.3 is 0 Å². The van der Waals surface area contributed by atoms with Gasteiger partial charge in [0, 0.05) is 19.6 Å². The first-order valence-corrected chi connectivity index (χ1v) is 6.23. The van der Waals surface area contributed by atoms with Gasteiger partial charge in [-0.15, -0.1) is 0 Å². The van der Waals surface area contributed by atoms with Crippen LogP contribution in [0.4, 0.5) is 0 Å². The van der Waals surface area contributed by atoms with Crippen LogP contribution in [-0.4, -0.2) is 22.0 Å². The van der Waals surface area contributed by atoms with Gasteiger partial charge in [0.25, 0.3) is 5.91 Å². The highest BCUT2D eigenvalue weighted by atomic mass is 16.1. The Labute approximate surface area is 112 Å². The number of hydrogen-bond acceptors (Lipinski definition) is 3. The quantitative estimate of drug-likeness (QED) is 0.847. The highest BCUT2D eigenvalue weighted by molar-refractivity contribution is 5.92. The molecule has 0 radical (unpaired) electrons. The molecule has 19 heavy (non-hydrogen) atoms. The summed E-state index contributed by atoms with van der Waals surface area (Å²) in [6, 6.07) is 9.81. The first kappa shape index (κ1) is 13.3. The van der Waals surface area contributed by atoms with Crippen molar-refractivity contribution in [2.75, 3.05) is 6.54 Å². The van der Waals surface area contributed by atoms with Crippen molar-refractivity contribution >= 4 is 5.91 Å². The molecule has 1 aromatic carbocycles. The Kier molecular flexibility index (Phi) is 4.30. The Morgan fingerprint density at radius 3 is 2.79 bits per heavy atom. The molecule has 0 fully saturated rings. The standard InChI is InChI=1S/C14H18N4O/c1-18-10-16-9-13(18)14(19)17-8-7-12(15)11-5-3-2-4-6-11/h2-6,9-10,12H,7-8,15H2,1H3,(H,17,19). The van der Waals surface area contributed by atoms with E-state index < -0.39 is 0 Å². The van der Waals surface area contributed by atoms with Crippen molar-refractivity contribution in [2.24, 2.45) is 12.8 Å². The van der Waals surface area contributed by atoms with Crippen LogP contribution in [-0.2, 0) is 7.05 Å². The van der Waals surface area contributed by atoms with Crippen LogP contribution in [0.5, 0.6) is 0 Å². The molecule has 1 unspecified atom stereocenters. The van der Waals surface area contributed by atoms with Gasteiger partial charge in [-0.1, -0.05) is 30.3 Å². The summed E-state index contributed by atoms with van der Waals surface area (Å²) in [7, 11) is 1.79. The first-order valence-electron chi connectivity index (χ1n) is 6.23. The fourth-order valence-electron chi connectivity index (χ4n) is 1.87. The summed E-state index contributed by atoms with van der Waals surface area (Å²) in [6.07, 6.45) is 3.85. The number of amides is 1. The lowest BCUT2D eigenvalue weighted by atomic mass is 10.1. The number of aryl methyl sites for hydroxylation is 1. The van der Waals surface area contributed by atoms with Crippen LogP contribution in [0.3, 0.4) is 0 Å². The fourth-order valence-corrected chi connectivity index (χ4v) is 1.87. The maximum atomic E-state index is 11.8. The smallest absolute Gasteiger partial charge is 0.269 e. The van der Waals surface area contributed by atoms with E-state index in [1.165, 1.54) is 0 Å². The topological polar surface area (TPSA) is 72.9 Å². The van der Waals surface area contributed by atoms with Crippen molar-refractivity contribution in [3.05, 3.63) is 54.1 Å². The van der Waals surface area contributed by atoms with Crippen LogP contribution < -0.4 is 11.1 Å². The summed E-state index contributed by atoms with van der Waals surface area (Å²) >= 11 is 0. The number of rotatable bonds is 5. The molecule has 2 aromatic rings. The second kappa shape index (κ2) is 6.15. The van der Waals surface area contributed by atoms with E-state index in [-0.39, 0.29) is 11.9 Å². The summed E-state index contributed by atoms with van der Waals surface area (Å²) in [5.41, 5.74) is 7.69. The molecule has 5 heteroatoms. The number of imidazole rings is 1. The van der Waals surface area contributed by atoms with Crippen molar-refractivity contribution in [3.63, 3.8) is 0 Å². The van der Waals surface area contributed by atoms with Crippen LogP contribution in [0, 0.1) is 0 Å². The second-order valence-corrected chi connectivity index (χ2v) is 4.45. The van der Waals surface area contributed by atoms with Gasteiger partial charge in [-0.3, -0.25) is 4.79 Å². The molecule has 0 saturated heterocycles. The molecule has 0 bridgehead atoms. The number of nitrogens with zero attached hydrogens (tertiary/aromatic N) is 2. The molecular formula is C14H18N4O. The fraction of sp³-hybridized carbons (Fsp3) is 0.286. The van der Waals surface area contributed by atoms with Crippen LogP contribution in [0.15, 0.2) is 42.9 Å². The Morgan fingerprint density at radius 2 is 2.16 bits per heavy atom. The molecule has 0 aliphatic rings. The van der Waals surface area contributed by atoms with Crippen LogP contribution in [0.1, 0.15) is 28.5 Å². The van der Waals surface area contributed by atoms with Gasteiger partial charge in [0.15, 0.2) is 0 Å². The van der Waals surface area contributed by atoms with Crippen molar-refractivity contribution < 1.29 is 4.79 Å². The number of hydrogen-bond donors (Lipinski definition) is 2. The van der Waals surface area contributed by atoms with E-state index in [0.29, 0.717) is 18.7 Å². The normalized spacial score (nSPS) is 12.1. The molecule has 2 rings (SSSR count). The molecule has 100 valence electrons. The molecule has 1 amide bonds. The Balaban J connectivity index is 1.81. The van der Waals surface area contributed by atoms with E-state index in [2.05, 4.69) is 10.3 Å². The number of nitrogens with two attached hydrogens (primary N) is 1. The molecule has 0 aliphatic heterocycles. The van der Waals surface area contributed by atoms with E-state index in [1.807, 2.05) is 30.3 Å². The third kappa shape index (κ3) is 3.42. The molecule has 3 N–H and O–H groups in total. The highest BCUT2D eigenvalue weighted by Crippen LogP contribution is 2.12. The summed E-state index contributed by atoms with van der Waals surface area (Å²) in [6.45, 7) is 0.542. The number of nitrogens with one attached hydrogen (secondary N) is 1. The van der Waals surface area contributed by atoms with Gasteiger partial charge in [0.1, 0.15) is 5.69 Å². The van der Waals surface area contributed by atoms with Gasteiger partial charge in [-0.05, 0) is 12.0 Å². The lowest BCUT2D eigenvalue weighted by molar-refractivity contribution is 0.0944. The van der Waals surface area contributed by atoms with E-state index in [0.717, 1.165) is 5.56 Å². The number of aromatic nitrogens is 2. The zero-order chi connectivity index (χ0) is 13.7. The Morgan fingerprint density at radius 1 is 1.42 bits per heavy atom. The average Bonchev–Trinajstić information content (AvgIpc) is 2.86. The van der Waals surface area contributed by atoms with Crippen LogP contribution >= 0.6 is 0 Å². The summed E-state index contributed by atoms with van der Waals surface area (Å²) in [4.78, 5) is 15.7. The predicted octanol–water partition coefficient (Wildman–Crippen LogP) is 1.24.